The second kappa shape index (κ2) is 7.22. The van der Waals surface area contributed by atoms with Gasteiger partial charge in [0.05, 0.1) is 21.3 Å². The lowest BCUT2D eigenvalue weighted by Crippen LogP contribution is -2.04. The van der Waals surface area contributed by atoms with Crippen LogP contribution in [0.1, 0.15) is 32.8 Å². The van der Waals surface area contributed by atoms with Crippen LogP contribution in [0.25, 0.3) is 0 Å². The van der Waals surface area contributed by atoms with Crippen molar-refractivity contribution in [2.45, 2.75) is 33.6 Å². The predicted octanol–water partition coefficient (Wildman–Crippen LogP) is 4.25. The van der Waals surface area contributed by atoms with Crippen molar-refractivity contribution in [1.82, 2.24) is 0 Å². The number of ether oxygens (including phenoxy) is 3. The summed E-state index contributed by atoms with van der Waals surface area (Å²) in [6.45, 7) is 6.67. The summed E-state index contributed by atoms with van der Waals surface area (Å²) < 4.78 is 16.0. The molecule has 0 heterocycles. The van der Waals surface area contributed by atoms with Gasteiger partial charge in [0.2, 0.25) is 5.75 Å². The van der Waals surface area contributed by atoms with Gasteiger partial charge in [-0.2, -0.15) is 0 Å². The van der Waals surface area contributed by atoms with E-state index in [-0.39, 0.29) is 5.41 Å². The molecule has 0 N–H and O–H groups in total. The Morgan fingerprint density at radius 2 is 1.55 bits per heavy atom. The molecule has 0 aliphatic carbocycles. The SMILES string of the molecule is CCC(C)(C)/C=C\Cc1cc(OC)c(OC)c(OC)c1. The van der Waals surface area contributed by atoms with Crippen LogP contribution in [0.4, 0.5) is 0 Å². The highest BCUT2D eigenvalue weighted by Gasteiger charge is 2.13. The summed E-state index contributed by atoms with van der Waals surface area (Å²) in [4.78, 5) is 0. The number of allylic oxidation sites excluding steroid dienone is 2. The first-order valence-electron chi connectivity index (χ1n) is 6.94. The number of rotatable bonds is 7. The highest BCUT2D eigenvalue weighted by Crippen LogP contribution is 2.38. The smallest absolute Gasteiger partial charge is 0.203 e. The van der Waals surface area contributed by atoms with Gasteiger partial charge in [-0.25, -0.2) is 0 Å². The second-order valence-electron chi connectivity index (χ2n) is 5.48. The van der Waals surface area contributed by atoms with Crippen molar-refractivity contribution >= 4 is 0 Å². The quantitative estimate of drug-likeness (QED) is 0.698. The molecule has 0 radical (unpaired) electrons. The fraction of sp³-hybridized carbons (Fsp3) is 0.529. The minimum atomic E-state index is 0.237. The van der Waals surface area contributed by atoms with Crippen LogP contribution in [-0.2, 0) is 6.42 Å². The molecular weight excluding hydrogens is 252 g/mol. The van der Waals surface area contributed by atoms with Crippen molar-refractivity contribution in [2.75, 3.05) is 21.3 Å². The number of methoxy groups -OCH3 is 3. The first-order chi connectivity index (χ1) is 9.47. The van der Waals surface area contributed by atoms with Crippen molar-refractivity contribution in [3.63, 3.8) is 0 Å². The fourth-order valence-corrected chi connectivity index (χ4v) is 1.89. The molecule has 0 spiro atoms. The summed E-state index contributed by atoms with van der Waals surface area (Å²) in [5.41, 5.74) is 1.38. The van der Waals surface area contributed by atoms with Crippen LogP contribution >= 0.6 is 0 Å². The molecule has 0 aromatic heterocycles. The van der Waals surface area contributed by atoms with Gasteiger partial charge >= 0.3 is 0 Å². The average Bonchev–Trinajstić information content (AvgIpc) is 2.45. The number of hydrogen-bond donors (Lipinski definition) is 0. The van der Waals surface area contributed by atoms with Crippen molar-refractivity contribution in [1.29, 1.82) is 0 Å². The molecule has 0 saturated heterocycles. The molecule has 3 nitrogen and oxygen atoms in total. The molecule has 0 saturated carbocycles. The van der Waals surface area contributed by atoms with E-state index in [4.69, 9.17) is 14.2 Å². The van der Waals surface area contributed by atoms with Gasteiger partial charge in [0.1, 0.15) is 0 Å². The van der Waals surface area contributed by atoms with E-state index in [1.165, 1.54) is 0 Å². The van der Waals surface area contributed by atoms with Crippen LogP contribution < -0.4 is 14.2 Å². The van der Waals surface area contributed by atoms with Crippen molar-refractivity contribution in [3.05, 3.63) is 29.8 Å². The Morgan fingerprint density at radius 3 is 1.95 bits per heavy atom. The first-order valence-corrected chi connectivity index (χ1v) is 6.94. The Balaban J connectivity index is 2.97. The van der Waals surface area contributed by atoms with Crippen LogP contribution in [-0.4, -0.2) is 21.3 Å². The summed E-state index contributed by atoms with van der Waals surface area (Å²) in [5.74, 6) is 2.03. The molecule has 0 bridgehead atoms. The molecule has 0 unspecified atom stereocenters. The van der Waals surface area contributed by atoms with Gasteiger partial charge in [-0.3, -0.25) is 0 Å². The lowest BCUT2D eigenvalue weighted by atomic mass is 9.89. The minimum absolute atomic E-state index is 0.237. The van der Waals surface area contributed by atoms with Crippen LogP contribution in [0.15, 0.2) is 24.3 Å². The van der Waals surface area contributed by atoms with Gasteiger partial charge < -0.3 is 14.2 Å². The molecule has 0 aliphatic heterocycles. The predicted molar refractivity (Wildman–Crippen MR) is 83.0 cm³/mol. The standard InChI is InChI=1S/C17H26O3/c1-7-17(2,3)10-8-9-13-11-14(18-4)16(20-6)15(12-13)19-5/h8,10-12H,7,9H2,1-6H3/b10-8-. The molecule has 0 amide bonds. The molecule has 1 aromatic rings. The van der Waals surface area contributed by atoms with Crippen LogP contribution in [0.3, 0.4) is 0 Å². The zero-order chi connectivity index (χ0) is 15.2. The van der Waals surface area contributed by atoms with Gasteiger partial charge in [-0.15, -0.1) is 0 Å². The third-order valence-electron chi connectivity index (χ3n) is 3.56. The topological polar surface area (TPSA) is 27.7 Å². The van der Waals surface area contributed by atoms with Crippen LogP contribution in [0.2, 0.25) is 0 Å². The summed E-state index contributed by atoms with van der Waals surface area (Å²) >= 11 is 0. The second-order valence-corrected chi connectivity index (χ2v) is 5.48. The van der Waals surface area contributed by atoms with Crippen molar-refractivity contribution in [3.8, 4) is 17.2 Å². The highest BCUT2D eigenvalue weighted by atomic mass is 16.5. The molecule has 1 aromatic carbocycles. The maximum atomic E-state index is 5.36. The summed E-state index contributed by atoms with van der Waals surface area (Å²) in [5, 5.41) is 0. The zero-order valence-electron chi connectivity index (χ0n) is 13.4. The Labute approximate surface area is 122 Å². The normalized spacial score (nSPS) is 11.7. The van der Waals surface area contributed by atoms with E-state index in [9.17, 15) is 0 Å². The van der Waals surface area contributed by atoms with E-state index in [0.717, 1.165) is 18.4 Å². The largest absolute Gasteiger partial charge is 0.493 e. The molecule has 1 rings (SSSR count). The molecule has 112 valence electrons. The number of benzene rings is 1. The van der Waals surface area contributed by atoms with E-state index in [0.29, 0.717) is 17.2 Å². The van der Waals surface area contributed by atoms with Gasteiger partial charge in [0.25, 0.3) is 0 Å². The van der Waals surface area contributed by atoms with E-state index >= 15 is 0 Å². The summed E-state index contributed by atoms with van der Waals surface area (Å²) in [6.07, 6.45) is 6.43. The monoisotopic (exact) mass is 278 g/mol. The lowest BCUT2D eigenvalue weighted by molar-refractivity contribution is 0.324. The summed E-state index contributed by atoms with van der Waals surface area (Å²) in [7, 11) is 4.89. The molecule has 0 aliphatic rings. The van der Waals surface area contributed by atoms with E-state index in [2.05, 4.69) is 32.9 Å². The Morgan fingerprint density at radius 1 is 1.00 bits per heavy atom. The maximum absolute atomic E-state index is 5.36. The van der Waals surface area contributed by atoms with E-state index in [1.807, 2.05) is 12.1 Å². The van der Waals surface area contributed by atoms with E-state index in [1.54, 1.807) is 21.3 Å². The Bertz CT molecular complexity index is 436. The average molecular weight is 278 g/mol. The van der Waals surface area contributed by atoms with E-state index < -0.39 is 0 Å². The molecule has 20 heavy (non-hydrogen) atoms. The molecular formula is C17H26O3. The minimum Gasteiger partial charge on any atom is -0.493 e. The van der Waals surface area contributed by atoms with Crippen LogP contribution in [0.5, 0.6) is 17.2 Å². The van der Waals surface area contributed by atoms with Crippen molar-refractivity contribution in [2.24, 2.45) is 5.41 Å². The van der Waals surface area contributed by atoms with Crippen LogP contribution in [0, 0.1) is 5.41 Å². The first kappa shape index (κ1) is 16.4. The summed E-state index contributed by atoms with van der Waals surface area (Å²) in [6, 6.07) is 3.98. The number of hydrogen-bond acceptors (Lipinski definition) is 3. The molecule has 0 atom stereocenters. The van der Waals surface area contributed by atoms with Gasteiger partial charge in [0, 0.05) is 0 Å². The lowest BCUT2D eigenvalue weighted by Gasteiger charge is -2.17. The Kier molecular flexibility index (Phi) is 5.93. The molecule has 0 fully saturated rings. The third-order valence-corrected chi connectivity index (χ3v) is 3.56. The maximum Gasteiger partial charge on any atom is 0.203 e. The van der Waals surface area contributed by atoms with Gasteiger partial charge in [-0.05, 0) is 36.0 Å². The Hall–Kier alpha value is -1.64. The zero-order valence-corrected chi connectivity index (χ0v) is 13.4. The highest BCUT2D eigenvalue weighted by molar-refractivity contribution is 5.54. The molecule has 3 heteroatoms. The van der Waals surface area contributed by atoms with Gasteiger partial charge in [0.15, 0.2) is 11.5 Å². The third kappa shape index (κ3) is 4.19. The fourth-order valence-electron chi connectivity index (χ4n) is 1.89. The van der Waals surface area contributed by atoms with Crippen molar-refractivity contribution < 1.29 is 14.2 Å². The van der Waals surface area contributed by atoms with Gasteiger partial charge in [-0.1, -0.05) is 32.9 Å².